The van der Waals surface area contributed by atoms with E-state index in [0.717, 1.165) is 0 Å². The Morgan fingerprint density at radius 2 is 1.75 bits per heavy atom. The zero-order valence-corrected chi connectivity index (χ0v) is 19.0. The number of carbonyl (C=O) groups excluding carboxylic acids is 2. The number of non-ortho nitro benzene ring substituents is 1. The molecular weight excluding hydrogens is 464 g/mol. The zero-order chi connectivity index (χ0) is 25.7. The van der Waals surface area contributed by atoms with Gasteiger partial charge in [-0.3, -0.25) is 24.5 Å². The quantitative estimate of drug-likeness (QED) is 0.208. The van der Waals surface area contributed by atoms with Crippen molar-refractivity contribution < 1.29 is 14.5 Å². The molecule has 0 aliphatic rings. The van der Waals surface area contributed by atoms with Crippen LogP contribution in [0.1, 0.15) is 33.2 Å². The molecule has 3 aromatic carbocycles. The summed E-state index contributed by atoms with van der Waals surface area (Å²) in [7, 11) is 0. The van der Waals surface area contributed by atoms with Crippen LogP contribution in [0, 0.1) is 17.0 Å². The van der Waals surface area contributed by atoms with Gasteiger partial charge in [0.25, 0.3) is 23.1 Å². The molecular formula is C25H20N6O5. The van der Waals surface area contributed by atoms with Crippen molar-refractivity contribution in [2.75, 3.05) is 0 Å². The second kappa shape index (κ2) is 10.4. The number of hydrogen-bond donors (Lipinski definition) is 3. The largest absolute Gasteiger partial charge is 0.335 e. The number of nitro groups is 1. The lowest BCUT2D eigenvalue weighted by Crippen LogP contribution is -2.40. The number of rotatable bonds is 7. The van der Waals surface area contributed by atoms with Crippen molar-refractivity contribution in [1.29, 1.82) is 0 Å². The van der Waals surface area contributed by atoms with Crippen molar-refractivity contribution >= 4 is 34.5 Å². The minimum Gasteiger partial charge on any atom is -0.335 e. The molecule has 4 rings (SSSR count). The predicted molar refractivity (Wildman–Crippen MR) is 133 cm³/mol. The molecule has 0 saturated heterocycles. The third-order valence-electron chi connectivity index (χ3n) is 5.42. The number of nitrogens with one attached hydrogen (secondary N) is 3. The van der Waals surface area contributed by atoms with Crippen LogP contribution in [0.2, 0.25) is 0 Å². The second-order valence-corrected chi connectivity index (χ2v) is 7.79. The van der Waals surface area contributed by atoms with Gasteiger partial charge in [0.15, 0.2) is 6.04 Å². The van der Waals surface area contributed by atoms with Crippen LogP contribution in [-0.4, -0.2) is 33.1 Å². The summed E-state index contributed by atoms with van der Waals surface area (Å²) in [6, 6.07) is 17.8. The van der Waals surface area contributed by atoms with Crippen LogP contribution in [0.4, 0.5) is 5.69 Å². The molecule has 180 valence electrons. The lowest BCUT2D eigenvalue weighted by molar-refractivity contribution is -0.384. The smallest absolute Gasteiger partial charge is 0.272 e. The first-order chi connectivity index (χ1) is 17.3. The van der Waals surface area contributed by atoms with Gasteiger partial charge in [0.1, 0.15) is 5.69 Å². The van der Waals surface area contributed by atoms with Crippen LogP contribution in [0.5, 0.6) is 0 Å². The Bertz CT molecular complexity index is 1550. The molecule has 1 unspecified atom stereocenters. The number of nitrogens with zero attached hydrogens (tertiary/aromatic N) is 3. The van der Waals surface area contributed by atoms with Crippen molar-refractivity contribution in [3.05, 3.63) is 116 Å². The number of H-pyrrole nitrogens is 1. The summed E-state index contributed by atoms with van der Waals surface area (Å²) >= 11 is 0. The maximum atomic E-state index is 13.2. The molecule has 2 amide bonds. The molecule has 0 fully saturated rings. The predicted octanol–water partition coefficient (Wildman–Crippen LogP) is 2.76. The molecule has 11 heteroatoms. The Labute approximate surface area is 204 Å². The highest BCUT2D eigenvalue weighted by molar-refractivity contribution is 5.99. The summed E-state index contributed by atoms with van der Waals surface area (Å²) in [5.74, 6) is -1.27. The molecule has 0 aliphatic heterocycles. The number of aromatic amines is 1. The van der Waals surface area contributed by atoms with Crippen molar-refractivity contribution in [2.45, 2.75) is 13.0 Å². The first-order valence-corrected chi connectivity index (χ1v) is 10.8. The van der Waals surface area contributed by atoms with Gasteiger partial charge in [0, 0.05) is 28.6 Å². The maximum Gasteiger partial charge on any atom is 0.272 e. The van der Waals surface area contributed by atoms with Gasteiger partial charge >= 0.3 is 0 Å². The van der Waals surface area contributed by atoms with Gasteiger partial charge in [-0.2, -0.15) is 10.2 Å². The molecule has 0 radical (unpaired) electrons. The van der Waals surface area contributed by atoms with Gasteiger partial charge in [0.2, 0.25) is 0 Å². The third-order valence-corrected chi connectivity index (χ3v) is 5.42. The van der Waals surface area contributed by atoms with Crippen LogP contribution in [-0.2, 0) is 4.79 Å². The molecule has 0 aliphatic carbocycles. The molecule has 1 heterocycles. The topological polar surface area (TPSA) is 159 Å². The molecule has 0 spiro atoms. The van der Waals surface area contributed by atoms with Gasteiger partial charge in [-0.25, -0.2) is 10.5 Å². The monoisotopic (exact) mass is 484 g/mol. The molecule has 11 nitrogen and oxygen atoms in total. The zero-order valence-electron chi connectivity index (χ0n) is 19.0. The lowest BCUT2D eigenvalue weighted by Gasteiger charge is -2.18. The van der Waals surface area contributed by atoms with Gasteiger partial charge < -0.3 is 5.32 Å². The standard InChI is InChI=1S/C25H20N6O5/c1-15-11-12-18(31(35)36)13-17(15)14-26-29-25(34)22(27-23(32)16-7-3-2-4-8-16)21-19-9-5-6-10-20(19)24(33)30-28-21/h2-14,22H,1H3,(H,27,32)(H,29,34)(H,30,33)/b26-14+. The summed E-state index contributed by atoms with van der Waals surface area (Å²) < 4.78 is 0. The first kappa shape index (κ1) is 24.0. The lowest BCUT2D eigenvalue weighted by atomic mass is 10.0. The van der Waals surface area contributed by atoms with E-state index in [-0.39, 0.29) is 11.4 Å². The SMILES string of the molecule is Cc1ccc([N+](=O)[O-])cc1/C=N/NC(=O)C(NC(=O)c1ccccc1)c1n[nH]c(=O)c2ccccc12. The van der Waals surface area contributed by atoms with Crippen LogP contribution in [0.25, 0.3) is 10.8 Å². The van der Waals surface area contributed by atoms with Crippen molar-refractivity contribution in [3.63, 3.8) is 0 Å². The van der Waals surface area contributed by atoms with E-state index in [0.29, 0.717) is 27.5 Å². The maximum absolute atomic E-state index is 13.2. The Balaban J connectivity index is 1.67. The molecule has 3 N–H and O–H groups in total. The first-order valence-electron chi connectivity index (χ1n) is 10.8. The van der Waals surface area contributed by atoms with E-state index < -0.39 is 28.3 Å². The van der Waals surface area contributed by atoms with E-state index in [1.807, 2.05) is 0 Å². The van der Waals surface area contributed by atoms with E-state index in [4.69, 9.17) is 0 Å². The van der Waals surface area contributed by atoms with Crippen LogP contribution in [0.15, 0.2) is 82.7 Å². The summed E-state index contributed by atoms with van der Waals surface area (Å²) in [5, 5.41) is 24.7. The van der Waals surface area contributed by atoms with Crippen LogP contribution in [0.3, 0.4) is 0 Å². The van der Waals surface area contributed by atoms with Gasteiger partial charge in [-0.05, 0) is 30.7 Å². The highest BCUT2D eigenvalue weighted by Crippen LogP contribution is 2.21. The van der Waals surface area contributed by atoms with Crippen molar-refractivity contribution in [3.8, 4) is 0 Å². The van der Waals surface area contributed by atoms with Crippen molar-refractivity contribution in [1.82, 2.24) is 20.9 Å². The fourth-order valence-corrected chi connectivity index (χ4v) is 3.53. The summed E-state index contributed by atoms with van der Waals surface area (Å²) in [6.45, 7) is 1.74. The minimum atomic E-state index is -1.32. The summed E-state index contributed by atoms with van der Waals surface area (Å²) in [5.41, 5.74) is 3.37. The number of fused-ring (bicyclic) bond motifs is 1. The van der Waals surface area contributed by atoms with E-state index >= 15 is 0 Å². The van der Waals surface area contributed by atoms with Gasteiger partial charge in [-0.1, -0.05) is 42.5 Å². The number of aromatic nitrogens is 2. The Morgan fingerprint density at radius 1 is 1.06 bits per heavy atom. The third kappa shape index (κ3) is 5.14. The molecule has 36 heavy (non-hydrogen) atoms. The highest BCUT2D eigenvalue weighted by Gasteiger charge is 2.27. The number of carbonyl (C=O) groups is 2. The fourth-order valence-electron chi connectivity index (χ4n) is 3.53. The number of nitro benzene ring substituents is 1. The molecule has 0 saturated carbocycles. The highest BCUT2D eigenvalue weighted by atomic mass is 16.6. The van der Waals surface area contributed by atoms with Gasteiger partial charge in [0.05, 0.1) is 16.5 Å². The number of hydrogen-bond acceptors (Lipinski definition) is 7. The number of benzene rings is 3. The number of hydrazone groups is 1. The molecule has 0 bridgehead atoms. The molecule has 1 atom stereocenters. The van der Waals surface area contributed by atoms with Crippen LogP contribution < -0.4 is 16.3 Å². The summed E-state index contributed by atoms with van der Waals surface area (Å²) in [6.07, 6.45) is 1.27. The Hall–Kier alpha value is -5.19. The average Bonchev–Trinajstić information content (AvgIpc) is 2.89. The Kier molecular flexibility index (Phi) is 6.91. The number of aryl methyl sites for hydroxylation is 1. The summed E-state index contributed by atoms with van der Waals surface area (Å²) in [4.78, 5) is 48.9. The van der Waals surface area contributed by atoms with E-state index in [9.17, 15) is 24.5 Å². The van der Waals surface area contributed by atoms with Crippen LogP contribution >= 0.6 is 0 Å². The average molecular weight is 484 g/mol. The number of amides is 2. The molecule has 1 aromatic heterocycles. The normalized spacial score (nSPS) is 11.8. The van der Waals surface area contributed by atoms with Gasteiger partial charge in [-0.15, -0.1) is 0 Å². The fraction of sp³-hybridized carbons (Fsp3) is 0.0800. The minimum absolute atomic E-state index is 0.119. The van der Waals surface area contributed by atoms with E-state index in [1.165, 1.54) is 18.3 Å². The second-order valence-electron chi connectivity index (χ2n) is 7.79. The molecule has 4 aromatic rings. The Morgan fingerprint density at radius 3 is 2.47 bits per heavy atom. The van der Waals surface area contributed by atoms with Crippen molar-refractivity contribution in [2.24, 2.45) is 5.10 Å². The van der Waals surface area contributed by atoms with E-state index in [1.54, 1.807) is 67.6 Å². The van der Waals surface area contributed by atoms with E-state index in [2.05, 4.69) is 26.0 Å².